The molecule has 1 aliphatic heterocycles. The molecule has 3 aromatic carbocycles. The maximum absolute atomic E-state index is 14.2. The molecule has 7 amide bonds. The molecule has 62 heavy (non-hydrogen) atoms. The Morgan fingerprint density at radius 2 is 1.27 bits per heavy atom. The SMILES string of the molecule is CSCC[C@H](NC(=O)[C@H](CC(C)C)NC(=O)CNC(=O)[C@H](Cc1ccccc1)NC(=O)[C@H](Cc1ccccc1)NC(=O)[C@@H]1CCCN1C(=O)[C@@H](N)Cc1ccc(O)cc1)C(N)=O. The lowest BCUT2D eigenvalue weighted by Crippen LogP contribution is -2.59. The summed E-state index contributed by atoms with van der Waals surface area (Å²) in [5.41, 5.74) is 14.0. The second kappa shape index (κ2) is 24.5. The number of nitrogens with two attached hydrogens (primary N) is 2. The van der Waals surface area contributed by atoms with Crippen molar-refractivity contribution in [3.8, 4) is 5.75 Å². The molecule has 0 bridgehead atoms. The van der Waals surface area contributed by atoms with Crippen molar-refractivity contribution in [1.82, 2.24) is 31.5 Å². The molecule has 0 saturated carbocycles. The monoisotopic (exact) mass is 872 g/mol. The standard InChI is InChI=1S/C45H60N8O8S/c1-28(2)23-35(42(58)50-34(40(47)56)20-22-62-3)49-39(55)27-48-41(57)36(25-29-11-6-4-7-12-29)51-43(59)37(26-30-13-8-5-9-14-30)52-44(60)38-15-10-21-53(38)45(61)33(46)24-31-16-18-32(54)19-17-31/h4-9,11-14,16-19,28,33-38,54H,10,15,20-27,46H2,1-3H3,(H2,47,56)(H,48,57)(H,49,55)(H,50,58)(H,51,59)(H,52,60)/t33-,34-,35-,36-,37-,38-/m0/s1. The molecule has 3 aromatic rings. The van der Waals surface area contributed by atoms with Crippen molar-refractivity contribution in [2.24, 2.45) is 17.4 Å². The fourth-order valence-electron chi connectivity index (χ4n) is 7.18. The maximum atomic E-state index is 14.2. The molecule has 17 heteroatoms. The third-order valence-corrected chi connectivity index (χ3v) is 11.1. The molecule has 0 aromatic heterocycles. The van der Waals surface area contributed by atoms with E-state index in [1.165, 1.54) is 28.8 Å². The number of benzene rings is 3. The number of primary amides is 1. The molecule has 0 spiro atoms. The van der Waals surface area contributed by atoms with Gasteiger partial charge in [0.1, 0.15) is 36.0 Å². The van der Waals surface area contributed by atoms with E-state index in [4.69, 9.17) is 11.5 Å². The van der Waals surface area contributed by atoms with Gasteiger partial charge in [-0.3, -0.25) is 33.6 Å². The fraction of sp³-hybridized carbons (Fsp3) is 0.444. The van der Waals surface area contributed by atoms with Crippen LogP contribution in [0.2, 0.25) is 0 Å². The molecule has 4 rings (SSSR count). The molecular weight excluding hydrogens is 813 g/mol. The Kier molecular flexibility index (Phi) is 19.2. The Balaban J connectivity index is 1.48. The van der Waals surface area contributed by atoms with E-state index in [-0.39, 0.29) is 37.4 Å². The topological polar surface area (TPSA) is 255 Å². The first-order chi connectivity index (χ1) is 29.6. The summed E-state index contributed by atoms with van der Waals surface area (Å²) >= 11 is 1.50. The van der Waals surface area contributed by atoms with Crippen LogP contribution in [0.5, 0.6) is 5.75 Å². The number of nitrogens with one attached hydrogen (secondary N) is 5. The predicted molar refractivity (Wildman–Crippen MR) is 237 cm³/mol. The third-order valence-electron chi connectivity index (χ3n) is 10.4. The lowest BCUT2D eigenvalue weighted by atomic mass is 10.0. The molecule has 1 aliphatic rings. The second-order valence-corrected chi connectivity index (χ2v) is 16.9. The number of thioether (sulfide) groups is 1. The number of hydrogen-bond donors (Lipinski definition) is 8. The van der Waals surface area contributed by atoms with Gasteiger partial charge in [0, 0.05) is 19.4 Å². The van der Waals surface area contributed by atoms with Gasteiger partial charge in [-0.2, -0.15) is 11.8 Å². The highest BCUT2D eigenvalue weighted by Gasteiger charge is 2.38. The average molecular weight is 873 g/mol. The van der Waals surface area contributed by atoms with Gasteiger partial charge in [0.05, 0.1) is 12.6 Å². The molecule has 10 N–H and O–H groups in total. The smallest absolute Gasteiger partial charge is 0.243 e. The van der Waals surface area contributed by atoms with E-state index in [9.17, 15) is 38.7 Å². The Morgan fingerprint density at radius 3 is 1.84 bits per heavy atom. The summed E-state index contributed by atoms with van der Waals surface area (Å²) in [5.74, 6) is -3.60. The predicted octanol–water partition coefficient (Wildman–Crippen LogP) is 1.08. The minimum Gasteiger partial charge on any atom is -0.508 e. The average Bonchev–Trinajstić information content (AvgIpc) is 3.75. The van der Waals surface area contributed by atoms with Crippen molar-refractivity contribution in [1.29, 1.82) is 0 Å². The summed E-state index contributed by atoms with van der Waals surface area (Å²) < 4.78 is 0. The highest BCUT2D eigenvalue weighted by atomic mass is 32.2. The van der Waals surface area contributed by atoms with Crippen LogP contribution in [0.1, 0.15) is 56.2 Å². The first kappa shape index (κ1) is 48.7. The zero-order chi connectivity index (χ0) is 45.2. The molecule has 0 unspecified atom stereocenters. The first-order valence-corrected chi connectivity index (χ1v) is 22.2. The van der Waals surface area contributed by atoms with Gasteiger partial charge in [-0.15, -0.1) is 0 Å². The van der Waals surface area contributed by atoms with Gasteiger partial charge in [-0.25, -0.2) is 0 Å². The Morgan fingerprint density at radius 1 is 0.726 bits per heavy atom. The van der Waals surface area contributed by atoms with Crippen molar-refractivity contribution in [3.05, 3.63) is 102 Å². The number of phenols is 1. The zero-order valence-electron chi connectivity index (χ0n) is 35.5. The van der Waals surface area contributed by atoms with Crippen molar-refractivity contribution in [3.63, 3.8) is 0 Å². The molecule has 1 fully saturated rings. The minimum absolute atomic E-state index is 0.0139. The Hall–Kier alpha value is -5.94. The number of carbonyl (C=O) groups excluding carboxylic acids is 7. The summed E-state index contributed by atoms with van der Waals surface area (Å²) in [5, 5.41) is 23.2. The molecule has 0 radical (unpaired) electrons. The zero-order valence-corrected chi connectivity index (χ0v) is 36.3. The molecule has 1 saturated heterocycles. The molecule has 16 nitrogen and oxygen atoms in total. The molecular formula is C45H60N8O8S. The van der Waals surface area contributed by atoms with E-state index in [0.29, 0.717) is 37.1 Å². The number of amides is 7. The van der Waals surface area contributed by atoms with E-state index in [2.05, 4.69) is 26.6 Å². The van der Waals surface area contributed by atoms with Crippen molar-refractivity contribution < 1.29 is 38.7 Å². The highest BCUT2D eigenvalue weighted by Crippen LogP contribution is 2.21. The van der Waals surface area contributed by atoms with Crippen LogP contribution in [0.4, 0.5) is 0 Å². The van der Waals surface area contributed by atoms with Gasteiger partial charge in [0.25, 0.3) is 0 Å². The number of aromatic hydroxyl groups is 1. The summed E-state index contributed by atoms with van der Waals surface area (Å²) in [6.07, 6.45) is 3.64. The van der Waals surface area contributed by atoms with E-state index < -0.39 is 84.1 Å². The van der Waals surface area contributed by atoms with Crippen LogP contribution in [0.25, 0.3) is 0 Å². The first-order valence-electron chi connectivity index (χ1n) is 20.8. The molecule has 0 aliphatic carbocycles. The highest BCUT2D eigenvalue weighted by molar-refractivity contribution is 7.98. The van der Waals surface area contributed by atoms with E-state index in [1.807, 2.05) is 32.2 Å². The van der Waals surface area contributed by atoms with E-state index in [0.717, 1.165) is 11.1 Å². The van der Waals surface area contributed by atoms with Crippen LogP contribution >= 0.6 is 11.8 Å². The maximum Gasteiger partial charge on any atom is 0.243 e. The fourth-order valence-corrected chi connectivity index (χ4v) is 7.65. The number of phenolic OH excluding ortho intramolecular Hbond substituents is 1. The molecule has 1 heterocycles. The molecule has 334 valence electrons. The van der Waals surface area contributed by atoms with Gasteiger partial charge in [-0.1, -0.05) is 86.6 Å². The van der Waals surface area contributed by atoms with Crippen LogP contribution in [-0.2, 0) is 52.8 Å². The number of hydrogen-bond acceptors (Lipinski definition) is 10. The summed E-state index contributed by atoms with van der Waals surface area (Å²) in [7, 11) is 0. The lowest BCUT2D eigenvalue weighted by molar-refractivity contribution is -0.140. The van der Waals surface area contributed by atoms with Crippen molar-refractivity contribution >= 4 is 53.1 Å². The number of carbonyl (C=O) groups is 7. The Bertz CT molecular complexity index is 1970. The van der Waals surface area contributed by atoms with Crippen LogP contribution < -0.4 is 38.1 Å². The number of rotatable bonds is 23. The van der Waals surface area contributed by atoms with E-state index >= 15 is 0 Å². The van der Waals surface area contributed by atoms with Gasteiger partial charge >= 0.3 is 0 Å². The van der Waals surface area contributed by atoms with Gasteiger partial charge in [0.15, 0.2) is 0 Å². The molecule has 6 atom stereocenters. The van der Waals surface area contributed by atoms with Crippen molar-refractivity contribution in [2.45, 2.75) is 95.0 Å². The van der Waals surface area contributed by atoms with Crippen LogP contribution in [0, 0.1) is 5.92 Å². The normalized spacial score (nSPS) is 16.0. The third kappa shape index (κ3) is 15.5. The van der Waals surface area contributed by atoms with Gasteiger partial charge in [-0.05, 0) is 78.9 Å². The van der Waals surface area contributed by atoms with Crippen LogP contribution in [0.3, 0.4) is 0 Å². The summed E-state index contributed by atoms with van der Waals surface area (Å²) in [6.45, 7) is 3.52. The van der Waals surface area contributed by atoms with Crippen LogP contribution in [-0.4, -0.2) is 113 Å². The van der Waals surface area contributed by atoms with Crippen molar-refractivity contribution in [2.75, 3.05) is 25.1 Å². The van der Waals surface area contributed by atoms with E-state index in [1.54, 1.807) is 60.7 Å². The summed E-state index contributed by atoms with van der Waals surface area (Å²) in [4.78, 5) is 95.6. The number of likely N-dealkylation sites (tertiary alicyclic amines) is 1. The quantitative estimate of drug-likeness (QED) is 0.0673. The number of nitrogens with zero attached hydrogens (tertiary/aromatic N) is 1. The van der Waals surface area contributed by atoms with Crippen LogP contribution in [0.15, 0.2) is 84.9 Å². The van der Waals surface area contributed by atoms with Gasteiger partial charge < -0.3 is 48.1 Å². The summed E-state index contributed by atoms with van der Waals surface area (Å²) in [6, 6.07) is 18.2. The van der Waals surface area contributed by atoms with Gasteiger partial charge in [0.2, 0.25) is 41.4 Å². The Labute approximate surface area is 367 Å². The minimum atomic E-state index is -1.20. The second-order valence-electron chi connectivity index (χ2n) is 15.9. The largest absolute Gasteiger partial charge is 0.508 e. The lowest BCUT2D eigenvalue weighted by Gasteiger charge is -2.29.